The molecule has 0 aliphatic heterocycles. The molecule has 0 aliphatic rings. The number of hydrogen-bond donors (Lipinski definition) is 0. The van der Waals surface area contributed by atoms with E-state index in [4.69, 9.17) is 4.98 Å². The molecular weight excluding hydrogens is 446 g/mol. The largest absolute Gasteiger partial charge is 0.282 e. The molecule has 0 aliphatic carbocycles. The van der Waals surface area contributed by atoms with Crippen molar-refractivity contribution in [1.82, 2.24) is 9.97 Å². The van der Waals surface area contributed by atoms with Crippen LogP contribution in [0.2, 0.25) is 0 Å². The van der Waals surface area contributed by atoms with Crippen molar-refractivity contribution >= 4 is 44.4 Å². The molecule has 2 aromatic heterocycles. The van der Waals surface area contributed by atoms with Crippen molar-refractivity contribution in [1.29, 1.82) is 0 Å². The number of para-hydroxylation sites is 1. The highest BCUT2D eigenvalue weighted by molar-refractivity contribution is 7.99. The number of carbonyl (C=O) groups excluding carboxylic acids is 1. The van der Waals surface area contributed by atoms with Crippen LogP contribution in [-0.4, -0.2) is 21.6 Å². The molecule has 2 heterocycles. The average molecular weight is 476 g/mol. The lowest BCUT2D eigenvalue weighted by Crippen LogP contribution is -2.30. The van der Waals surface area contributed by atoms with Crippen LogP contribution in [-0.2, 0) is 11.3 Å². The maximum absolute atomic E-state index is 13.4. The summed E-state index contributed by atoms with van der Waals surface area (Å²) >= 11 is 3.38. The quantitative estimate of drug-likeness (QED) is 0.189. The zero-order valence-corrected chi connectivity index (χ0v) is 21.0. The van der Waals surface area contributed by atoms with Gasteiger partial charge in [0.25, 0.3) is 0 Å². The van der Waals surface area contributed by atoms with Crippen molar-refractivity contribution < 1.29 is 4.79 Å². The van der Waals surface area contributed by atoms with Crippen LogP contribution in [0.3, 0.4) is 0 Å². The fraction of sp³-hybridized carbons (Fsp3) is 0.296. The fourth-order valence-corrected chi connectivity index (χ4v) is 5.51. The molecule has 0 N–H and O–H groups in total. The van der Waals surface area contributed by atoms with E-state index >= 15 is 0 Å². The van der Waals surface area contributed by atoms with Crippen LogP contribution in [0, 0.1) is 6.92 Å². The van der Waals surface area contributed by atoms with E-state index in [1.54, 1.807) is 29.3 Å². The van der Waals surface area contributed by atoms with Crippen LogP contribution in [0.1, 0.15) is 49.4 Å². The highest BCUT2D eigenvalue weighted by atomic mass is 32.2. The number of hydrogen-bond acceptors (Lipinski definition) is 5. The third kappa shape index (κ3) is 6.01. The summed E-state index contributed by atoms with van der Waals surface area (Å²) in [7, 11) is 0. The summed E-state index contributed by atoms with van der Waals surface area (Å²) in [5.74, 6) is 1.38. The molecule has 4 nitrogen and oxygen atoms in total. The molecule has 0 radical (unpaired) electrons. The standard InChI is InChI=1S/C27H29N3OS2/c1-19(2)23-9-6-10-24-26(23)29-27(33-24)30(18-21-8-4-5-16-28-21)25(31)11-7-17-32-22-14-12-20(3)13-15-22/h4-6,8-10,12-16,19H,7,11,17-18H2,1-3H3. The summed E-state index contributed by atoms with van der Waals surface area (Å²) in [6.07, 6.45) is 3.07. The third-order valence-electron chi connectivity index (χ3n) is 5.46. The zero-order valence-electron chi connectivity index (χ0n) is 19.3. The smallest absolute Gasteiger partial charge is 0.229 e. The van der Waals surface area contributed by atoms with Crippen LogP contribution in [0.15, 0.2) is 71.8 Å². The van der Waals surface area contributed by atoms with Gasteiger partial charge in [0, 0.05) is 17.5 Å². The van der Waals surface area contributed by atoms with Gasteiger partial charge in [-0.15, -0.1) is 11.8 Å². The number of anilines is 1. The first kappa shape index (κ1) is 23.5. The number of fused-ring (bicyclic) bond motifs is 1. The molecule has 0 fully saturated rings. The maximum atomic E-state index is 13.4. The highest BCUT2D eigenvalue weighted by Gasteiger charge is 2.21. The second-order valence-corrected chi connectivity index (χ2v) is 10.6. The Morgan fingerprint density at radius 3 is 2.61 bits per heavy atom. The van der Waals surface area contributed by atoms with Crippen LogP contribution in [0.25, 0.3) is 10.2 Å². The third-order valence-corrected chi connectivity index (χ3v) is 7.61. The summed E-state index contributed by atoms with van der Waals surface area (Å²) in [5, 5.41) is 0.750. The highest BCUT2D eigenvalue weighted by Crippen LogP contribution is 2.34. The Morgan fingerprint density at radius 1 is 1.06 bits per heavy atom. The lowest BCUT2D eigenvalue weighted by Gasteiger charge is -2.19. The van der Waals surface area contributed by atoms with E-state index in [9.17, 15) is 4.79 Å². The van der Waals surface area contributed by atoms with Crippen LogP contribution < -0.4 is 4.90 Å². The minimum absolute atomic E-state index is 0.0929. The van der Waals surface area contributed by atoms with E-state index in [-0.39, 0.29) is 5.91 Å². The number of aryl methyl sites for hydroxylation is 1. The zero-order chi connectivity index (χ0) is 23.2. The van der Waals surface area contributed by atoms with Crippen LogP contribution in [0.5, 0.6) is 0 Å². The first-order valence-corrected chi connectivity index (χ1v) is 13.1. The van der Waals surface area contributed by atoms with Gasteiger partial charge in [0.1, 0.15) is 0 Å². The lowest BCUT2D eigenvalue weighted by molar-refractivity contribution is -0.118. The van der Waals surface area contributed by atoms with Crippen molar-refractivity contribution in [3.63, 3.8) is 0 Å². The molecular formula is C27H29N3OS2. The predicted octanol–water partition coefficient (Wildman–Crippen LogP) is 7.23. The molecule has 4 rings (SSSR count). The molecule has 170 valence electrons. The normalized spacial score (nSPS) is 11.3. The molecule has 0 unspecified atom stereocenters. The van der Waals surface area contributed by atoms with Gasteiger partial charge < -0.3 is 0 Å². The Kier molecular flexibility index (Phi) is 7.78. The van der Waals surface area contributed by atoms with Crippen molar-refractivity contribution in [3.05, 3.63) is 83.7 Å². The van der Waals surface area contributed by atoms with Crippen molar-refractivity contribution in [2.24, 2.45) is 0 Å². The second kappa shape index (κ2) is 10.9. The summed E-state index contributed by atoms with van der Waals surface area (Å²) in [6.45, 7) is 6.88. The Balaban J connectivity index is 1.51. The van der Waals surface area contributed by atoms with Gasteiger partial charge in [-0.3, -0.25) is 14.7 Å². The van der Waals surface area contributed by atoms with Gasteiger partial charge in [0.15, 0.2) is 5.13 Å². The molecule has 33 heavy (non-hydrogen) atoms. The number of rotatable bonds is 9. The summed E-state index contributed by atoms with van der Waals surface area (Å²) in [6, 6.07) is 20.6. The van der Waals surface area contributed by atoms with Gasteiger partial charge in [0.2, 0.25) is 5.91 Å². The van der Waals surface area contributed by atoms with E-state index in [0.717, 1.165) is 33.2 Å². The van der Waals surface area contributed by atoms with Gasteiger partial charge in [-0.05, 0) is 60.9 Å². The number of aromatic nitrogens is 2. The molecule has 0 atom stereocenters. The minimum Gasteiger partial charge on any atom is -0.282 e. The number of benzene rings is 2. The number of carbonyl (C=O) groups is 1. The number of thiazole rings is 1. The number of pyridine rings is 1. The molecule has 6 heteroatoms. The minimum atomic E-state index is 0.0929. The number of thioether (sulfide) groups is 1. The molecule has 1 amide bonds. The predicted molar refractivity (Wildman–Crippen MR) is 140 cm³/mol. The summed E-state index contributed by atoms with van der Waals surface area (Å²) in [5.41, 5.74) is 4.34. The summed E-state index contributed by atoms with van der Waals surface area (Å²) < 4.78 is 1.12. The van der Waals surface area contributed by atoms with Crippen LogP contribution in [0.4, 0.5) is 5.13 Å². The molecule has 0 bridgehead atoms. The number of nitrogens with zero attached hydrogens (tertiary/aromatic N) is 3. The Morgan fingerprint density at radius 2 is 1.88 bits per heavy atom. The summed E-state index contributed by atoms with van der Waals surface area (Å²) in [4.78, 5) is 25.8. The molecule has 2 aromatic carbocycles. The first-order chi connectivity index (χ1) is 16.0. The van der Waals surface area contributed by atoms with Crippen molar-refractivity contribution in [2.45, 2.75) is 51.0 Å². The van der Waals surface area contributed by atoms with Gasteiger partial charge >= 0.3 is 0 Å². The van der Waals surface area contributed by atoms with Crippen molar-refractivity contribution in [2.75, 3.05) is 10.7 Å². The Bertz CT molecular complexity index is 1200. The van der Waals surface area contributed by atoms with E-state index in [1.165, 1.54) is 16.0 Å². The van der Waals surface area contributed by atoms with Crippen molar-refractivity contribution in [3.8, 4) is 0 Å². The number of amides is 1. The van der Waals surface area contributed by atoms with E-state index in [2.05, 4.69) is 68.2 Å². The van der Waals surface area contributed by atoms with Gasteiger partial charge in [-0.2, -0.15) is 0 Å². The van der Waals surface area contributed by atoms with E-state index in [1.807, 2.05) is 23.1 Å². The molecule has 0 saturated heterocycles. The van der Waals surface area contributed by atoms with E-state index < -0.39 is 0 Å². The first-order valence-electron chi connectivity index (χ1n) is 11.3. The van der Waals surface area contributed by atoms with Crippen LogP contribution >= 0.6 is 23.1 Å². The molecule has 4 aromatic rings. The Hall–Kier alpha value is -2.70. The molecule has 0 spiro atoms. The van der Waals surface area contributed by atoms with E-state index in [0.29, 0.717) is 18.9 Å². The van der Waals surface area contributed by atoms with Gasteiger partial charge in [0.05, 0.1) is 22.5 Å². The second-order valence-electron chi connectivity index (χ2n) is 8.41. The Labute approximate surface area is 204 Å². The SMILES string of the molecule is Cc1ccc(SCCCC(=O)N(Cc2ccccn2)c2nc3c(C(C)C)cccc3s2)cc1. The average Bonchev–Trinajstić information content (AvgIpc) is 3.26. The monoisotopic (exact) mass is 475 g/mol. The van der Waals surface area contributed by atoms with Gasteiger partial charge in [-0.25, -0.2) is 4.98 Å². The topological polar surface area (TPSA) is 46.1 Å². The fourth-order valence-electron chi connectivity index (χ4n) is 3.64. The maximum Gasteiger partial charge on any atom is 0.229 e. The lowest BCUT2D eigenvalue weighted by atomic mass is 10.0. The van der Waals surface area contributed by atoms with Gasteiger partial charge in [-0.1, -0.05) is 61.1 Å². The molecule has 0 saturated carbocycles.